The summed E-state index contributed by atoms with van der Waals surface area (Å²) < 4.78 is 15.1. The highest BCUT2D eigenvalue weighted by atomic mass is 32.2. The van der Waals surface area contributed by atoms with Crippen LogP contribution < -0.4 is 0 Å². The van der Waals surface area contributed by atoms with Crippen molar-refractivity contribution in [1.82, 2.24) is 4.57 Å². The van der Waals surface area contributed by atoms with Gasteiger partial charge in [-0.15, -0.1) is 11.8 Å². The van der Waals surface area contributed by atoms with Crippen LogP contribution in [0.2, 0.25) is 0 Å². The van der Waals surface area contributed by atoms with E-state index in [1.807, 2.05) is 23.9 Å². The zero-order chi connectivity index (χ0) is 29.5. The summed E-state index contributed by atoms with van der Waals surface area (Å²) in [5, 5.41) is 12.8. The second kappa shape index (κ2) is 9.49. The first kappa shape index (κ1) is 26.6. The quantitative estimate of drug-likeness (QED) is 0.201. The van der Waals surface area contributed by atoms with Crippen molar-refractivity contribution < 1.29 is 9.31 Å². The molecular formula is C37H31BN2O2S. The average molecular weight is 579 g/mol. The zero-order valence-electron chi connectivity index (χ0n) is 24.7. The molecular weight excluding hydrogens is 547 g/mol. The van der Waals surface area contributed by atoms with E-state index in [4.69, 9.17) is 9.31 Å². The van der Waals surface area contributed by atoms with E-state index in [9.17, 15) is 5.26 Å². The predicted molar refractivity (Wildman–Crippen MR) is 177 cm³/mol. The van der Waals surface area contributed by atoms with Gasteiger partial charge in [0.2, 0.25) is 0 Å². The van der Waals surface area contributed by atoms with E-state index < -0.39 is 0 Å². The molecule has 0 amide bonds. The van der Waals surface area contributed by atoms with E-state index in [0.29, 0.717) is 10.8 Å². The Labute approximate surface area is 256 Å². The van der Waals surface area contributed by atoms with Crippen LogP contribution in [0.25, 0.3) is 38.6 Å². The number of aromatic nitrogens is 1. The smallest absolute Gasteiger partial charge is 0.399 e. The van der Waals surface area contributed by atoms with Crippen molar-refractivity contribution in [2.45, 2.75) is 55.0 Å². The third kappa shape index (κ3) is 4.14. The first-order valence-electron chi connectivity index (χ1n) is 14.8. The van der Waals surface area contributed by atoms with Gasteiger partial charge in [0.05, 0.1) is 33.9 Å². The second-order valence-corrected chi connectivity index (χ2v) is 13.9. The fourth-order valence-electron chi connectivity index (χ4n) is 6.61. The van der Waals surface area contributed by atoms with Crippen LogP contribution in [-0.2, 0) is 9.31 Å². The maximum Gasteiger partial charge on any atom is 0.494 e. The van der Waals surface area contributed by atoms with Gasteiger partial charge in [-0.3, -0.25) is 0 Å². The fourth-order valence-corrected chi connectivity index (χ4v) is 7.91. The predicted octanol–water partition coefficient (Wildman–Crippen LogP) is 9.01. The van der Waals surface area contributed by atoms with Crippen LogP contribution in [0.5, 0.6) is 0 Å². The van der Waals surface area contributed by atoms with E-state index in [2.05, 4.69) is 129 Å². The fraction of sp³-hybridized carbons (Fsp3) is 0.216. The molecule has 43 heavy (non-hydrogen) atoms. The van der Waals surface area contributed by atoms with Crippen LogP contribution in [0.4, 0.5) is 0 Å². The molecule has 2 aliphatic heterocycles. The Morgan fingerprint density at radius 1 is 0.814 bits per heavy atom. The third-order valence-corrected chi connectivity index (χ3v) is 10.9. The molecule has 0 saturated carbocycles. The van der Waals surface area contributed by atoms with E-state index in [-0.39, 0.29) is 24.2 Å². The van der Waals surface area contributed by atoms with Gasteiger partial charge < -0.3 is 13.9 Å². The molecule has 1 aromatic heterocycles. The molecule has 2 atom stereocenters. The van der Waals surface area contributed by atoms with Crippen molar-refractivity contribution >= 4 is 40.7 Å². The molecule has 1 aliphatic carbocycles. The third-order valence-electron chi connectivity index (χ3n) is 9.58. The number of hydrogen-bond donors (Lipinski definition) is 0. The van der Waals surface area contributed by atoms with Crippen molar-refractivity contribution in [2.75, 3.05) is 0 Å². The summed E-state index contributed by atoms with van der Waals surface area (Å²) in [6.07, 6.45) is 6.81. The van der Waals surface area contributed by atoms with Gasteiger partial charge in [-0.05, 0) is 92.3 Å². The lowest BCUT2D eigenvalue weighted by molar-refractivity contribution is 0.00578. The number of hydrogen-bond acceptors (Lipinski definition) is 4. The molecule has 6 heteroatoms. The Morgan fingerprint density at radius 2 is 1.49 bits per heavy atom. The zero-order valence-corrected chi connectivity index (χ0v) is 25.5. The summed E-state index contributed by atoms with van der Waals surface area (Å²) in [6, 6.07) is 32.3. The van der Waals surface area contributed by atoms with Gasteiger partial charge in [0.15, 0.2) is 0 Å². The Morgan fingerprint density at radius 3 is 2.16 bits per heavy atom. The van der Waals surface area contributed by atoms with Crippen LogP contribution in [0.15, 0.2) is 114 Å². The number of nitriles is 1. The Hall–Kier alpha value is -4.02. The molecule has 0 radical (unpaired) electrons. The molecule has 210 valence electrons. The Bertz CT molecular complexity index is 2000. The standard InChI is InChI=1S/C37H31BN2O2S/c1-36(2)37(3,4)42-38(41-36)26-14-16-35-31(21-26)30-20-24(13-15-34(30)43-35)25-17-23(22-39)18-27(19-25)40-32-11-7-5-9-28(32)29-10-6-8-12-33(29)40/h5-21,31,35H,1-4H3. The van der Waals surface area contributed by atoms with Gasteiger partial charge in [-0.1, -0.05) is 60.7 Å². The number of benzene rings is 4. The van der Waals surface area contributed by atoms with Crippen molar-refractivity contribution in [2.24, 2.45) is 0 Å². The number of nitrogens with zero attached hydrogens (tertiary/aromatic N) is 2. The molecule has 0 bridgehead atoms. The normalized spacial score (nSPS) is 21.6. The van der Waals surface area contributed by atoms with Crippen molar-refractivity contribution in [1.29, 1.82) is 5.26 Å². The lowest BCUT2D eigenvalue weighted by atomic mass is 9.72. The number of para-hydroxylation sites is 2. The van der Waals surface area contributed by atoms with Crippen molar-refractivity contribution in [3.05, 3.63) is 120 Å². The summed E-state index contributed by atoms with van der Waals surface area (Å²) in [6.45, 7) is 8.38. The molecule has 4 aromatic carbocycles. The summed E-state index contributed by atoms with van der Waals surface area (Å²) in [7, 11) is -0.375. The van der Waals surface area contributed by atoms with E-state index in [1.54, 1.807) is 0 Å². The monoisotopic (exact) mass is 578 g/mol. The van der Waals surface area contributed by atoms with Gasteiger partial charge in [0.25, 0.3) is 0 Å². The minimum Gasteiger partial charge on any atom is -0.399 e. The molecule has 0 spiro atoms. The average Bonchev–Trinajstić information content (AvgIpc) is 3.62. The lowest BCUT2D eigenvalue weighted by Gasteiger charge is -2.32. The number of rotatable bonds is 3. The van der Waals surface area contributed by atoms with Gasteiger partial charge in [-0.25, -0.2) is 0 Å². The summed E-state index contributed by atoms with van der Waals surface area (Å²) >= 11 is 1.91. The van der Waals surface area contributed by atoms with E-state index >= 15 is 0 Å². The largest absolute Gasteiger partial charge is 0.494 e. The van der Waals surface area contributed by atoms with Crippen LogP contribution in [0, 0.1) is 11.3 Å². The molecule has 2 unspecified atom stereocenters. The summed E-state index contributed by atoms with van der Waals surface area (Å²) in [5.74, 6) is 0.231. The van der Waals surface area contributed by atoms with E-state index in [0.717, 1.165) is 33.3 Å². The summed E-state index contributed by atoms with van der Waals surface area (Å²) in [5.41, 5.74) is 7.68. The first-order valence-corrected chi connectivity index (χ1v) is 15.7. The molecule has 3 heterocycles. The van der Waals surface area contributed by atoms with Gasteiger partial charge >= 0.3 is 7.12 Å². The van der Waals surface area contributed by atoms with E-state index in [1.165, 1.54) is 21.2 Å². The highest BCUT2D eigenvalue weighted by Gasteiger charge is 2.52. The molecule has 5 aromatic rings. The minimum absolute atomic E-state index is 0.231. The maximum atomic E-state index is 10.1. The molecule has 1 saturated heterocycles. The van der Waals surface area contributed by atoms with Gasteiger partial charge in [0.1, 0.15) is 0 Å². The molecule has 4 nitrogen and oxygen atoms in total. The van der Waals surface area contributed by atoms with Crippen LogP contribution in [-0.4, -0.2) is 28.1 Å². The second-order valence-electron chi connectivity index (χ2n) is 12.7. The number of thioether (sulfide) groups is 1. The number of allylic oxidation sites excluding steroid dienone is 3. The minimum atomic E-state index is -0.376. The van der Waals surface area contributed by atoms with Crippen LogP contribution in [0.3, 0.4) is 0 Å². The van der Waals surface area contributed by atoms with Crippen molar-refractivity contribution in [3.63, 3.8) is 0 Å². The SMILES string of the molecule is CC1(C)OB(C2=CC3c4cc(-c5cc(C#N)cc(-n6c7ccccc7c7ccccc76)c5)ccc4SC3C=C2)OC1(C)C. The maximum absolute atomic E-state index is 10.1. The Balaban J connectivity index is 1.21. The number of fused-ring (bicyclic) bond motifs is 6. The topological polar surface area (TPSA) is 47.2 Å². The lowest BCUT2D eigenvalue weighted by Crippen LogP contribution is -2.41. The highest BCUT2D eigenvalue weighted by Crippen LogP contribution is 2.51. The van der Waals surface area contributed by atoms with Gasteiger partial charge in [-0.2, -0.15) is 5.26 Å². The molecule has 3 aliphatic rings. The molecule has 1 fully saturated rings. The van der Waals surface area contributed by atoms with Crippen LogP contribution >= 0.6 is 11.8 Å². The van der Waals surface area contributed by atoms with Crippen molar-refractivity contribution in [3.8, 4) is 22.9 Å². The van der Waals surface area contributed by atoms with Gasteiger partial charge in [0, 0.05) is 32.5 Å². The van der Waals surface area contributed by atoms with Crippen LogP contribution in [0.1, 0.15) is 44.7 Å². The molecule has 0 N–H and O–H groups in total. The Kier molecular flexibility index (Phi) is 5.87. The first-order chi connectivity index (χ1) is 20.7. The summed E-state index contributed by atoms with van der Waals surface area (Å²) in [4.78, 5) is 1.30. The highest BCUT2D eigenvalue weighted by molar-refractivity contribution is 8.00. The molecule has 8 rings (SSSR count).